The Kier molecular flexibility index (Phi) is 1.38. The number of nitrogens with one attached hydrogen (secondary N) is 2. The summed E-state index contributed by atoms with van der Waals surface area (Å²) in [5.74, 6) is 0.823. The first-order chi connectivity index (χ1) is 5.38. The molecule has 2 rings (SSSR count). The molecule has 0 saturated carbocycles. The van der Waals surface area contributed by atoms with Crippen LogP contribution in [0.2, 0.25) is 0 Å². The van der Waals surface area contributed by atoms with E-state index in [0.29, 0.717) is 5.49 Å². The molecule has 4 nitrogen and oxygen atoms in total. The van der Waals surface area contributed by atoms with Gasteiger partial charge in [-0.25, -0.2) is 4.98 Å². The first-order valence-electron chi connectivity index (χ1n) is 3.72. The van der Waals surface area contributed by atoms with E-state index in [1.54, 1.807) is 12.3 Å². The smallest absolute Gasteiger partial charge is 0.204 e. The lowest BCUT2D eigenvalue weighted by Gasteiger charge is -2.18. The van der Waals surface area contributed by atoms with E-state index in [1.165, 1.54) is 0 Å². The van der Waals surface area contributed by atoms with Gasteiger partial charge >= 0.3 is 0 Å². The predicted octanol–water partition coefficient (Wildman–Crippen LogP) is 0.178. The van der Waals surface area contributed by atoms with Gasteiger partial charge in [0.25, 0.3) is 0 Å². The van der Waals surface area contributed by atoms with Crippen molar-refractivity contribution in [1.82, 2.24) is 9.55 Å². The first kappa shape index (κ1) is 6.39. The normalized spacial score (nSPS) is 15.3. The fourth-order valence-corrected chi connectivity index (χ4v) is 1.26. The van der Waals surface area contributed by atoms with E-state index in [0.717, 1.165) is 25.5 Å². The van der Waals surface area contributed by atoms with Crippen LogP contribution < -0.4 is 10.8 Å². The zero-order valence-electron chi connectivity index (χ0n) is 6.17. The Bertz CT molecular complexity index is 314. The van der Waals surface area contributed by atoms with Crippen molar-refractivity contribution in [2.45, 2.75) is 13.0 Å². The SMILES string of the molecule is N=c1ccnc2n1CCCN2. The van der Waals surface area contributed by atoms with Gasteiger partial charge in [0.15, 0.2) is 0 Å². The van der Waals surface area contributed by atoms with Gasteiger partial charge in [-0.05, 0) is 12.5 Å². The summed E-state index contributed by atoms with van der Waals surface area (Å²) in [7, 11) is 0. The topological polar surface area (TPSA) is 53.7 Å². The van der Waals surface area contributed by atoms with E-state index in [9.17, 15) is 0 Å². The Morgan fingerprint density at radius 2 is 2.55 bits per heavy atom. The lowest BCUT2D eigenvalue weighted by molar-refractivity contribution is 0.584. The molecule has 1 aromatic rings. The monoisotopic (exact) mass is 150 g/mol. The maximum atomic E-state index is 7.53. The third-order valence-corrected chi connectivity index (χ3v) is 1.82. The number of anilines is 1. The Balaban J connectivity index is 2.58. The summed E-state index contributed by atoms with van der Waals surface area (Å²) in [5.41, 5.74) is 0.530. The quantitative estimate of drug-likeness (QED) is 0.554. The van der Waals surface area contributed by atoms with Gasteiger partial charge in [-0.15, -0.1) is 0 Å². The molecule has 0 atom stereocenters. The number of nitrogens with zero attached hydrogens (tertiary/aromatic N) is 2. The summed E-state index contributed by atoms with van der Waals surface area (Å²) < 4.78 is 1.88. The molecule has 11 heavy (non-hydrogen) atoms. The molecule has 0 amide bonds. The van der Waals surface area contributed by atoms with Crippen LogP contribution >= 0.6 is 0 Å². The fourth-order valence-electron chi connectivity index (χ4n) is 1.26. The minimum absolute atomic E-state index is 0.530. The second-order valence-electron chi connectivity index (χ2n) is 2.59. The van der Waals surface area contributed by atoms with Crippen LogP contribution in [0.3, 0.4) is 0 Å². The molecule has 0 unspecified atom stereocenters. The van der Waals surface area contributed by atoms with Crippen molar-refractivity contribution in [3.05, 3.63) is 17.8 Å². The Labute approximate surface area is 64.4 Å². The van der Waals surface area contributed by atoms with E-state index >= 15 is 0 Å². The van der Waals surface area contributed by atoms with Crippen LogP contribution in [0, 0.1) is 5.41 Å². The highest BCUT2D eigenvalue weighted by Gasteiger charge is 2.06. The molecule has 0 fully saturated rings. The maximum Gasteiger partial charge on any atom is 0.204 e. The van der Waals surface area contributed by atoms with Gasteiger partial charge in [0.1, 0.15) is 5.49 Å². The summed E-state index contributed by atoms with van der Waals surface area (Å²) in [6.07, 6.45) is 2.74. The van der Waals surface area contributed by atoms with Crippen LogP contribution in [0.15, 0.2) is 12.3 Å². The number of rotatable bonds is 0. The highest BCUT2D eigenvalue weighted by Crippen LogP contribution is 2.05. The summed E-state index contributed by atoms with van der Waals surface area (Å²) in [5, 5.41) is 10.7. The van der Waals surface area contributed by atoms with Gasteiger partial charge in [0.2, 0.25) is 5.95 Å². The van der Waals surface area contributed by atoms with Gasteiger partial charge < -0.3 is 5.32 Å². The zero-order chi connectivity index (χ0) is 7.68. The molecule has 2 heterocycles. The van der Waals surface area contributed by atoms with Crippen molar-refractivity contribution in [1.29, 1.82) is 5.41 Å². The lowest BCUT2D eigenvalue weighted by atomic mass is 10.3. The molecular formula is C7H10N4. The molecule has 0 aliphatic carbocycles. The average Bonchev–Trinajstić information content (AvgIpc) is 2.06. The van der Waals surface area contributed by atoms with Crippen LogP contribution in [0.25, 0.3) is 0 Å². The van der Waals surface area contributed by atoms with Gasteiger partial charge in [-0.1, -0.05) is 0 Å². The highest BCUT2D eigenvalue weighted by atomic mass is 15.2. The summed E-state index contributed by atoms with van der Waals surface area (Å²) in [6.45, 7) is 1.88. The molecule has 0 spiro atoms. The van der Waals surface area contributed by atoms with E-state index in [-0.39, 0.29) is 0 Å². The summed E-state index contributed by atoms with van der Waals surface area (Å²) in [6, 6.07) is 1.70. The minimum atomic E-state index is 0.530. The summed E-state index contributed by atoms with van der Waals surface area (Å²) >= 11 is 0. The van der Waals surface area contributed by atoms with Gasteiger partial charge in [0, 0.05) is 19.3 Å². The summed E-state index contributed by atoms with van der Waals surface area (Å²) in [4.78, 5) is 4.11. The molecule has 0 radical (unpaired) electrons. The predicted molar refractivity (Wildman–Crippen MR) is 41.2 cm³/mol. The fraction of sp³-hybridized carbons (Fsp3) is 0.429. The molecule has 0 saturated heterocycles. The maximum absolute atomic E-state index is 7.53. The molecule has 1 aromatic heterocycles. The largest absolute Gasteiger partial charge is 0.356 e. The first-order valence-corrected chi connectivity index (χ1v) is 3.72. The van der Waals surface area contributed by atoms with Crippen LogP contribution in [-0.2, 0) is 6.54 Å². The molecule has 0 bridgehead atoms. The second-order valence-corrected chi connectivity index (χ2v) is 2.59. The molecule has 58 valence electrons. The number of aromatic nitrogens is 2. The number of fused-ring (bicyclic) bond motifs is 1. The molecular weight excluding hydrogens is 140 g/mol. The molecule has 1 aliphatic heterocycles. The van der Waals surface area contributed by atoms with Crippen molar-refractivity contribution in [2.75, 3.05) is 11.9 Å². The molecule has 4 heteroatoms. The third-order valence-electron chi connectivity index (χ3n) is 1.82. The van der Waals surface area contributed by atoms with Gasteiger partial charge in [-0.2, -0.15) is 0 Å². The van der Waals surface area contributed by atoms with E-state index in [4.69, 9.17) is 5.41 Å². The highest BCUT2D eigenvalue weighted by molar-refractivity contribution is 5.26. The second kappa shape index (κ2) is 2.38. The number of hydrogen-bond donors (Lipinski definition) is 2. The minimum Gasteiger partial charge on any atom is -0.356 e. The Morgan fingerprint density at radius 3 is 3.36 bits per heavy atom. The lowest BCUT2D eigenvalue weighted by Crippen LogP contribution is -2.29. The van der Waals surface area contributed by atoms with Crippen LogP contribution in [0.1, 0.15) is 6.42 Å². The average molecular weight is 150 g/mol. The van der Waals surface area contributed by atoms with Crippen molar-refractivity contribution in [3.63, 3.8) is 0 Å². The Morgan fingerprint density at radius 1 is 1.64 bits per heavy atom. The van der Waals surface area contributed by atoms with Gasteiger partial charge in [-0.3, -0.25) is 9.98 Å². The molecule has 1 aliphatic rings. The van der Waals surface area contributed by atoms with Crippen LogP contribution in [-0.4, -0.2) is 16.1 Å². The standard InChI is InChI=1S/C7H10N4/c8-6-2-4-10-7-9-3-1-5-11(6)7/h2,4,8H,1,3,5H2,(H,9,10). The van der Waals surface area contributed by atoms with E-state index in [2.05, 4.69) is 10.3 Å². The van der Waals surface area contributed by atoms with E-state index < -0.39 is 0 Å². The molecule has 2 N–H and O–H groups in total. The van der Waals surface area contributed by atoms with Crippen LogP contribution in [0.4, 0.5) is 5.95 Å². The van der Waals surface area contributed by atoms with Crippen molar-refractivity contribution < 1.29 is 0 Å². The van der Waals surface area contributed by atoms with Crippen molar-refractivity contribution in [3.8, 4) is 0 Å². The number of hydrogen-bond acceptors (Lipinski definition) is 3. The zero-order valence-corrected chi connectivity index (χ0v) is 6.17. The third kappa shape index (κ3) is 1.00. The van der Waals surface area contributed by atoms with E-state index in [1.807, 2.05) is 4.57 Å². The van der Waals surface area contributed by atoms with Crippen LogP contribution in [0.5, 0.6) is 0 Å². The van der Waals surface area contributed by atoms with Gasteiger partial charge in [0.05, 0.1) is 0 Å². The van der Waals surface area contributed by atoms with Crippen molar-refractivity contribution in [2.24, 2.45) is 0 Å². The molecule has 0 aromatic carbocycles. The Hall–Kier alpha value is -1.32. The van der Waals surface area contributed by atoms with Crippen molar-refractivity contribution >= 4 is 5.95 Å².